The molecular formula is C51H57FN8O8S. The third kappa shape index (κ3) is 8.96. The number of anilines is 2. The molecule has 16 nitrogen and oxygen atoms in total. The highest BCUT2D eigenvalue weighted by molar-refractivity contribution is 7.90. The molecule has 4 N–H and O–H groups in total. The number of H-pyrrole nitrogens is 1. The minimum absolute atomic E-state index is 0.0344. The number of aromatic amines is 1. The third-order valence-electron chi connectivity index (χ3n) is 15.6. The lowest BCUT2D eigenvalue weighted by atomic mass is 9.59. The van der Waals surface area contributed by atoms with E-state index in [1.807, 2.05) is 6.07 Å². The average molecular weight is 961 g/mol. The quantitative estimate of drug-likeness (QED) is 0.0718. The zero-order valence-electron chi connectivity index (χ0n) is 39.0. The number of hydrogen-bond acceptors (Lipinski definition) is 13. The van der Waals surface area contributed by atoms with Crippen LogP contribution in [0.4, 0.5) is 21.5 Å². The van der Waals surface area contributed by atoms with Crippen LogP contribution in [0.1, 0.15) is 124 Å². The van der Waals surface area contributed by atoms with Crippen LogP contribution in [-0.2, 0) is 10.0 Å². The number of fused-ring (bicyclic) bond motifs is 2. The number of ether oxygens (including phenoxy) is 2. The maximum atomic E-state index is 14.8. The first kappa shape index (κ1) is 46.4. The Balaban J connectivity index is 0.884. The van der Waals surface area contributed by atoms with E-state index >= 15 is 0 Å². The van der Waals surface area contributed by atoms with Crippen LogP contribution < -0.4 is 24.4 Å². The number of nitro benzene ring substituents is 1. The Kier molecular flexibility index (Phi) is 12.1. The molecule has 0 bridgehead atoms. The van der Waals surface area contributed by atoms with Crippen LogP contribution in [0, 0.1) is 38.6 Å². The highest BCUT2D eigenvalue weighted by atomic mass is 32.2. The first-order valence-electron chi connectivity index (χ1n) is 24.0. The van der Waals surface area contributed by atoms with Gasteiger partial charge in [0.05, 0.1) is 32.4 Å². The van der Waals surface area contributed by atoms with Crippen molar-refractivity contribution in [3.05, 3.63) is 105 Å². The Bertz CT molecular complexity index is 2980. The zero-order chi connectivity index (χ0) is 48.4. The largest absolute Gasteiger partial charge is 0.489 e. The van der Waals surface area contributed by atoms with Crippen molar-refractivity contribution in [2.45, 2.75) is 120 Å². The number of benzene rings is 3. The van der Waals surface area contributed by atoms with Gasteiger partial charge in [0.1, 0.15) is 29.9 Å². The summed E-state index contributed by atoms with van der Waals surface area (Å²) in [6.07, 6.45) is 10.2. The van der Waals surface area contributed by atoms with Crippen molar-refractivity contribution in [3.8, 4) is 23.3 Å². The highest BCUT2D eigenvalue weighted by Crippen LogP contribution is 2.54. The summed E-state index contributed by atoms with van der Waals surface area (Å²) in [7, 11) is -4.78. The first-order valence-corrected chi connectivity index (χ1v) is 25.5. The van der Waals surface area contributed by atoms with E-state index < -0.39 is 42.9 Å². The van der Waals surface area contributed by atoms with Gasteiger partial charge in [0.15, 0.2) is 22.9 Å². The van der Waals surface area contributed by atoms with E-state index in [4.69, 9.17) is 9.47 Å². The Labute approximate surface area is 400 Å². The minimum Gasteiger partial charge on any atom is -0.489 e. The van der Waals surface area contributed by atoms with E-state index in [0.29, 0.717) is 49.4 Å². The van der Waals surface area contributed by atoms with Crippen LogP contribution in [-0.4, -0.2) is 83.1 Å². The van der Waals surface area contributed by atoms with Crippen molar-refractivity contribution in [1.29, 1.82) is 5.26 Å². The molecular weight excluding hydrogens is 904 g/mol. The number of nitriles is 1. The Morgan fingerprint density at radius 3 is 2.54 bits per heavy atom. The molecule has 0 radical (unpaired) electrons. The molecule has 2 atom stereocenters. The lowest BCUT2D eigenvalue weighted by molar-refractivity contribution is -0.384. The molecule has 0 unspecified atom stereocenters. The topological polar surface area (TPSA) is 216 Å². The van der Waals surface area contributed by atoms with Crippen molar-refractivity contribution >= 4 is 44.0 Å². The zero-order valence-corrected chi connectivity index (χ0v) is 39.8. The molecule has 2 aromatic heterocycles. The van der Waals surface area contributed by atoms with E-state index in [2.05, 4.69) is 67.9 Å². The molecule has 362 valence electrons. The third-order valence-corrected chi connectivity index (χ3v) is 16.9. The van der Waals surface area contributed by atoms with Gasteiger partial charge in [0.25, 0.3) is 21.6 Å². The maximum Gasteiger partial charge on any atom is 0.297 e. The number of sulfonamides is 1. The summed E-state index contributed by atoms with van der Waals surface area (Å²) in [6.45, 7) is 8.99. The van der Waals surface area contributed by atoms with Crippen molar-refractivity contribution in [2.75, 3.05) is 36.5 Å². The van der Waals surface area contributed by atoms with E-state index in [-0.39, 0.29) is 69.2 Å². The van der Waals surface area contributed by atoms with Gasteiger partial charge < -0.3 is 29.8 Å². The number of carbonyl (C=O) groups is 1. The molecule has 2 saturated carbocycles. The van der Waals surface area contributed by atoms with Crippen LogP contribution >= 0.6 is 0 Å². The molecule has 2 aliphatic carbocycles. The van der Waals surface area contributed by atoms with Crippen molar-refractivity contribution in [1.82, 2.24) is 19.6 Å². The molecule has 1 amide bonds. The number of aromatic nitrogens is 2. The van der Waals surface area contributed by atoms with Gasteiger partial charge in [-0.1, -0.05) is 38.1 Å². The standard InChI is InChI=1S/C51H57FN8O8S/c1-30(2)35-7-4-5-8-36(35)42-9-6-18-59(42)33-25-51(26-33)16-19-58(20-17-51)32-10-11-37(44(21-32)68-45-24-38-39(52)28-54-48(38)56-40(45)27-53)49(61)57-69(65,66)34-22-43(60(63)64)47-46(23-34)67-29-41(55-47)31-12-14-50(3,62)15-13-31/h4-5,7-8,10-11,21-24,28,30-31,33,41-42,55,62H,6,9,12-20,25-26,29H2,1-3H3,(H,54,56)(H,57,61)/t31-,41-,42+,50-/m1/s1. The fourth-order valence-electron chi connectivity index (χ4n) is 11.7. The van der Waals surface area contributed by atoms with Gasteiger partial charge in [0.2, 0.25) is 0 Å². The van der Waals surface area contributed by atoms with Gasteiger partial charge in [-0.15, -0.1) is 0 Å². The normalized spacial score (nSPS) is 23.7. The number of carbonyl (C=O) groups excluding carboxylic acids is 1. The van der Waals surface area contributed by atoms with Crippen LogP contribution in [0.5, 0.6) is 17.2 Å². The predicted molar refractivity (Wildman–Crippen MR) is 257 cm³/mol. The second-order valence-electron chi connectivity index (χ2n) is 20.4. The fourth-order valence-corrected chi connectivity index (χ4v) is 12.7. The lowest BCUT2D eigenvalue weighted by Gasteiger charge is -2.56. The Hall–Kier alpha value is -6.29. The molecule has 5 aromatic rings. The van der Waals surface area contributed by atoms with Crippen LogP contribution in [0.15, 0.2) is 71.8 Å². The number of likely N-dealkylation sites (tertiary alicyclic amines) is 1. The molecule has 3 aliphatic heterocycles. The molecule has 3 aromatic carbocycles. The summed E-state index contributed by atoms with van der Waals surface area (Å²) >= 11 is 0. The number of nitro groups is 1. The van der Waals surface area contributed by atoms with Gasteiger partial charge in [-0.3, -0.25) is 19.8 Å². The molecule has 5 heterocycles. The number of halogens is 1. The monoisotopic (exact) mass is 960 g/mol. The van der Waals surface area contributed by atoms with Crippen molar-refractivity contribution in [2.24, 2.45) is 11.3 Å². The second-order valence-corrected chi connectivity index (χ2v) is 22.1. The number of rotatable bonds is 11. The van der Waals surface area contributed by atoms with Crippen LogP contribution in [0.3, 0.4) is 0 Å². The smallest absolute Gasteiger partial charge is 0.297 e. The highest BCUT2D eigenvalue weighted by Gasteiger charge is 2.50. The van der Waals surface area contributed by atoms with Crippen molar-refractivity contribution < 1.29 is 37.1 Å². The van der Waals surface area contributed by atoms with E-state index in [1.54, 1.807) is 19.1 Å². The Morgan fingerprint density at radius 1 is 1.06 bits per heavy atom. The molecule has 69 heavy (non-hydrogen) atoms. The summed E-state index contributed by atoms with van der Waals surface area (Å²) in [5, 5.41) is 36.2. The molecule has 10 rings (SSSR count). The number of nitrogens with zero attached hydrogens (tertiary/aromatic N) is 5. The maximum absolute atomic E-state index is 14.8. The summed E-state index contributed by atoms with van der Waals surface area (Å²) in [4.78, 5) is 37.2. The van der Waals surface area contributed by atoms with Gasteiger partial charge >= 0.3 is 0 Å². The van der Waals surface area contributed by atoms with Gasteiger partial charge in [-0.2, -0.15) is 5.26 Å². The average Bonchev–Trinajstić information content (AvgIpc) is 3.96. The van der Waals surface area contributed by atoms with Gasteiger partial charge in [-0.25, -0.2) is 22.5 Å². The Morgan fingerprint density at radius 2 is 1.81 bits per heavy atom. The first-order chi connectivity index (χ1) is 33.0. The van der Waals surface area contributed by atoms with Crippen LogP contribution in [0.25, 0.3) is 11.0 Å². The summed E-state index contributed by atoms with van der Waals surface area (Å²) < 4.78 is 57.1. The van der Waals surface area contributed by atoms with Crippen LogP contribution in [0.2, 0.25) is 0 Å². The van der Waals surface area contributed by atoms with E-state index in [0.717, 1.165) is 63.6 Å². The summed E-state index contributed by atoms with van der Waals surface area (Å²) in [6, 6.07) is 19.6. The van der Waals surface area contributed by atoms with Gasteiger partial charge in [-0.05, 0) is 124 Å². The van der Waals surface area contributed by atoms with E-state index in [9.17, 15) is 38.1 Å². The second kappa shape index (κ2) is 17.9. The predicted octanol–water partition coefficient (Wildman–Crippen LogP) is 9.22. The summed E-state index contributed by atoms with van der Waals surface area (Å²) in [5.74, 6) is -1.54. The van der Waals surface area contributed by atoms with Gasteiger partial charge in [0, 0.05) is 55.3 Å². The molecule has 18 heteroatoms. The van der Waals surface area contributed by atoms with Crippen molar-refractivity contribution in [3.63, 3.8) is 0 Å². The number of aliphatic hydroxyl groups is 1. The molecule has 2 saturated heterocycles. The fraction of sp³-hybridized carbons (Fsp3) is 0.471. The number of amides is 1. The number of pyridine rings is 1. The molecule has 1 spiro atoms. The van der Waals surface area contributed by atoms with E-state index in [1.165, 1.54) is 36.1 Å². The number of hydrogen-bond donors (Lipinski definition) is 4. The molecule has 4 fully saturated rings. The minimum atomic E-state index is -4.78. The number of nitrogens with one attached hydrogen (secondary N) is 3. The SMILES string of the molecule is CC(C)c1ccccc1[C@@H]1CCCN1C1CC2(CCN(c3ccc(C(=O)NS(=O)(=O)c4cc5c(c([N+](=O)[O-])c4)N[C@@H]([C@H]4CC[C@](C)(O)CC4)CO5)c(Oc4cc5c(F)c[nH]c5nc4C#N)c3)CC2)C1. The lowest BCUT2D eigenvalue weighted by Crippen LogP contribution is -2.54. The molecule has 5 aliphatic rings. The summed E-state index contributed by atoms with van der Waals surface area (Å²) in [5.41, 5.74) is 2.21. The number of piperidine rings is 1.